The van der Waals surface area contributed by atoms with Gasteiger partial charge < -0.3 is 24.4 Å². The quantitative estimate of drug-likeness (QED) is 0.594. The van der Waals surface area contributed by atoms with Gasteiger partial charge in [-0.3, -0.25) is 10.1 Å². The third kappa shape index (κ3) is 4.36. The van der Waals surface area contributed by atoms with Crippen molar-refractivity contribution in [1.82, 2.24) is 0 Å². The average Bonchev–Trinajstić information content (AvgIpc) is 2.65. The second-order valence-electron chi connectivity index (χ2n) is 5.89. The molecular formula is C18H19NO7. The molecule has 8 heteroatoms. The maximum absolute atomic E-state index is 10.7. The minimum Gasteiger partial charge on any atom is -0.462 e. The number of benzene rings is 2. The first-order valence-electron chi connectivity index (χ1n) is 8.09. The number of para-hydroxylation sites is 1. The smallest absolute Gasteiger partial charge is 0.269 e. The molecule has 0 saturated carbocycles. The first-order valence-corrected chi connectivity index (χ1v) is 8.09. The zero-order valence-corrected chi connectivity index (χ0v) is 13.8. The SMILES string of the molecule is O=[N+]([O-])c1ccc(CO[C@@H]2[C@@H](O)[C@@H](Oc3ccccc3)OC[C@H]2O)cc1. The molecule has 0 bridgehead atoms. The van der Waals surface area contributed by atoms with Crippen LogP contribution in [0, 0.1) is 10.1 Å². The average molecular weight is 361 g/mol. The molecule has 8 nitrogen and oxygen atoms in total. The summed E-state index contributed by atoms with van der Waals surface area (Å²) in [5.41, 5.74) is 0.665. The Bertz CT molecular complexity index is 722. The zero-order valence-electron chi connectivity index (χ0n) is 13.8. The number of non-ortho nitro benzene ring substituents is 1. The van der Waals surface area contributed by atoms with Crippen LogP contribution in [0.5, 0.6) is 5.75 Å². The van der Waals surface area contributed by atoms with Gasteiger partial charge in [-0.25, -0.2) is 0 Å². The molecule has 26 heavy (non-hydrogen) atoms. The van der Waals surface area contributed by atoms with Crippen LogP contribution in [-0.4, -0.2) is 46.3 Å². The molecule has 0 spiro atoms. The van der Waals surface area contributed by atoms with Gasteiger partial charge in [0.05, 0.1) is 18.1 Å². The molecule has 0 amide bonds. The van der Waals surface area contributed by atoms with Gasteiger partial charge in [0.15, 0.2) is 0 Å². The number of nitrogens with zero attached hydrogens (tertiary/aromatic N) is 1. The van der Waals surface area contributed by atoms with E-state index >= 15 is 0 Å². The lowest BCUT2D eigenvalue weighted by molar-refractivity contribution is -0.384. The van der Waals surface area contributed by atoms with E-state index in [1.807, 2.05) is 6.07 Å². The Morgan fingerprint density at radius 1 is 1.12 bits per heavy atom. The van der Waals surface area contributed by atoms with Crippen molar-refractivity contribution in [3.8, 4) is 5.75 Å². The highest BCUT2D eigenvalue weighted by Gasteiger charge is 2.41. The Morgan fingerprint density at radius 3 is 2.46 bits per heavy atom. The predicted octanol–water partition coefficient (Wildman–Crippen LogP) is 1.64. The molecule has 1 fully saturated rings. The van der Waals surface area contributed by atoms with E-state index in [1.165, 1.54) is 12.1 Å². The highest BCUT2D eigenvalue weighted by Crippen LogP contribution is 2.23. The van der Waals surface area contributed by atoms with Gasteiger partial charge in [-0.15, -0.1) is 0 Å². The Hall–Kier alpha value is -2.52. The molecule has 2 N–H and O–H groups in total. The van der Waals surface area contributed by atoms with Gasteiger partial charge in [0.25, 0.3) is 5.69 Å². The van der Waals surface area contributed by atoms with Crippen molar-refractivity contribution in [1.29, 1.82) is 0 Å². The summed E-state index contributed by atoms with van der Waals surface area (Å²) in [5.74, 6) is 0.530. The van der Waals surface area contributed by atoms with Crippen LogP contribution in [0.1, 0.15) is 5.56 Å². The van der Waals surface area contributed by atoms with E-state index in [1.54, 1.807) is 36.4 Å². The molecule has 3 rings (SSSR count). The van der Waals surface area contributed by atoms with E-state index in [0.29, 0.717) is 11.3 Å². The normalized spacial score (nSPS) is 25.6. The highest BCUT2D eigenvalue weighted by atomic mass is 16.7. The summed E-state index contributed by atoms with van der Waals surface area (Å²) in [6.45, 7) is 0.0360. The van der Waals surface area contributed by atoms with E-state index in [-0.39, 0.29) is 18.9 Å². The maximum atomic E-state index is 10.7. The van der Waals surface area contributed by atoms with E-state index in [2.05, 4.69) is 0 Å². The van der Waals surface area contributed by atoms with E-state index < -0.39 is 29.5 Å². The lowest BCUT2D eigenvalue weighted by Crippen LogP contribution is -2.55. The number of aliphatic hydroxyl groups excluding tert-OH is 2. The van der Waals surface area contributed by atoms with Crippen molar-refractivity contribution >= 4 is 5.69 Å². The summed E-state index contributed by atoms with van der Waals surface area (Å²) in [6, 6.07) is 14.8. The van der Waals surface area contributed by atoms with Crippen LogP contribution >= 0.6 is 0 Å². The summed E-state index contributed by atoms with van der Waals surface area (Å²) in [6.07, 6.45) is -4.09. The fourth-order valence-electron chi connectivity index (χ4n) is 2.62. The number of hydrogen-bond donors (Lipinski definition) is 2. The molecule has 4 atom stereocenters. The van der Waals surface area contributed by atoms with Crippen molar-refractivity contribution in [2.24, 2.45) is 0 Å². The molecule has 1 heterocycles. The Balaban J connectivity index is 1.61. The molecule has 0 aromatic heterocycles. The lowest BCUT2D eigenvalue weighted by atomic mass is 10.0. The van der Waals surface area contributed by atoms with Crippen LogP contribution in [0.25, 0.3) is 0 Å². The van der Waals surface area contributed by atoms with Crippen LogP contribution in [0.3, 0.4) is 0 Å². The Morgan fingerprint density at radius 2 is 1.81 bits per heavy atom. The molecular weight excluding hydrogens is 342 g/mol. The first kappa shape index (κ1) is 18.3. The van der Waals surface area contributed by atoms with Crippen LogP contribution in [0.4, 0.5) is 5.69 Å². The number of nitro groups is 1. The number of hydrogen-bond acceptors (Lipinski definition) is 7. The van der Waals surface area contributed by atoms with Crippen molar-refractivity contribution in [2.75, 3.05) is 6.61 Å². The predicted molar refractivity (Wildman–Crippen MR) is 90.5 cm³/mol. The van der Waals surface area contributed by atoms with Crippen molar-refractivity contribution in [3.63, 3.8) is 0 Å². The van der Waals surface area contributed by atoms with E-state index in [9.17, 15) is 20.3 Å². The Kier molecular flexibility index (Phi) is 5.79. The van der Waals surface area contributed by atoms with Gasteiger partial charge in [-0.2, -0.15) is 0 Å². The van der Waals surface area contributed by atoms with Gasteiger partial charge in [-0.05, 0) is 29.8 Å². The van der Waals surface area contributed by atoms with Crippen molar-refractivity contribution in [3.05, 3.63) is 70.3 Å². The number of rotatable bonds is 6. The second-order valence-corrected chi connectivity index (χ2v) is 5.89. The lowest BCUT2D eigenvalue weighted by Gasteiger charge is -2.37. The molecule has 1 saturated heterocycles. The Labute approximate surface area is 149 Å². The molecule has 2 aromatic rings. The third-order valence-corrected chi connectivity index (χ3v) is 4.01. The van der Waals surface area contributed by atoms with Gasteiger partial charge >= 0.3 is 0 Å². The zero-order chi connectivity index (χ0) is 18.5. The molecule has 2 aromatic carbocycles. The third-order valence-electron chi connectivity index (χ3n) is 4.01. The first-order chi connectivity index (χ1) is 12.5. The molecule has 1 aliphatic rings. The van der Waals surface area contributed by atoms with Gasteiger partial charge in [-0.1, -0.05) is 18.2 Å². The van der Waals surface area contributed by atoms with Gasteiger partial charge in [0.1, 0.15) is 24.1 Å². The minimum absolute atomic E-state index is 0.0174. The fourth-order valence-corrected chi connectivity index (χ4v) is 2.62. The molecule has 1 aliphatic heterocycles. The molecule has 138 valence electrons. The number of nitro benzene ring substituents is 1. The fraction of sp³-hybridized carbons (Fsp3) is 0.333. The van der Waals surface area contributed by atoms with E-state index in [4.69, 9.17) is 14.2 Å². The monoisotopic (exact) mass is 361 g/mol. The van der Waals surface area contributed by atoms with Crippen molar-refractivity contribution < 1.29 is 29.3 Å². The topological polar surface area (TPSA) is 111 Å². The van der Waals surface area contributed by atoms with Crippen molar-refractivity contribution in [2.45, 2.75) is 31.2 Å². The highest BCUT2D eigenvalue weighted by molar-refractivity contribution is 5.32. The summed E-state index contributed by atoms with van der Waals surface area (Å²) >= 11 is 0. The summed E-state index contributed by atoms with van der Waals surface area (Å²) in [4.78, 5) is 10.2. The van der Waals surface area contributed by atoms with Crippen LogP contribution in [0.2, 0.25) is 0 Å². The number of aliphatic hydroxyl groups is 2. The molecule has 0 aliphatic carbocycles. The summed E-state index contributed by atoms with van der Waals surface area (Å²) in [7, 11) is 0. The molecule has 0 radical (unpaired) electrons. The van der Waals surface area contributed by atoms with Crippen LogP contribution in [-0.2, 0) is 16.1 Å². The standard InChI is InChI=1S/C18H19NO7/c20-15-11-25-18(26-14-4-2-1-3-5-14)16(21)17(15)24-10-12-6-8-13(9-7-12)19(22)23/h1-9,15-18,20-21H,10-11H2/t15-,16-,17+,18-/m1/s1. The number of ether oxygens (including phenoxy) is 3. The minimum atomic E-state index is -1.20. The second kappa shape index (κ2) is 8.24. The largest absolute Gasteiger partial charge is 0.462 e. The van der Waals surface area contributed by atoms with Crippen LogP contribution in [0.15, 0.2) is 54.6 Å². The van der Waals surface area contributed by atoms with Gasteiger partial charge in [0.2, 0.25) is 6.29 Å². The summed E-state index contributed by atoms with van der Waals surface area (Å²) < 4.78 is 16.6. The van der Waals surface area contributed by atoms with E-state index in [0.717, 1.165) is 0 Å². The maximum Gasteiger partial charge on any atom is 0.269 e. The van der Waals surface area contributed by atoms with Gasteiger partial charge in [0, 0.05) is 12.1 Å². The summed E-state index contributed by atoms with van der Waals surface area (Å²) in [5, 5.41) is 31.2. The van der Waals surface area contributed by atoms with Crippen LogP contribution < -0.4 is 4.74 Å². The molecule has 0 unspecified atom stereocenters.